The van der Waals surface area contributed by atoms with Crippen LogP contribution in [0.4, 0.5) is 0 Å². The summed E-state index contributed by atoms with van der Waals surface area (Å²) in [5.41, 5.74) is 1.71. The third kappa shape index (κ3) is 1.76. The van der Waals surface area contributed by atoms with E-state index in [1.807, 2.05) is 12.1 Å². The molecule has 1 saturated heterocycles. The molecule has 2 atom stereocenters. The van der Waals surface area contributed by atoms with Crippen LogP contribution in [0.3, 0.4) is 0 Å². The van der Waals surface area contributed by atoms with Gasteiger partial charge in [0.2, 0.25) is 5.88 Å². The SMILES string of the molecule is COc1ccc2[nH]c(C3CNCC3C)nc2n1. The van der Waals surface area contributed by atoms with E-state index in [-0.39, 0.29) is 0 Å². The van der Waals surface area contributed by atoms with E-state index in [1.165, 1.54) is 0 Å². The van der Waals surface area contributed by atoms with Gasteiger partial charge in [-0.2, -0.15) is 4.98 Å². The average Bonchev–Trinajstić information content (AvgIpc) is 2.93. The quantitative estimate of drug-likeness (QED) is 0.819. The number of fused-ring (bicyclic) bond motifs is 1. The van der Waals surface area contributed by atoms with Gasteiger partial charge < -0.3 is 15.0 Å². The van der Waals surface area contributed by atoms with Gasteiger partial charge in [-0.25, -0.2) is 4.98 Å². The molecule has 0 aliphatic carbocycles. The number of pyridine rings is 1. The summed E-state index contributed by atoms with van der Waals surface area (Å²) in [4.78, 5) is 12.2. The Morgan fingerprint density at radius 3 is 2.88 bits per heavy atom. The van der Waals surface area contributed by atoms with Crippen LogP contribution in [-0.4, -0.2) is 35.2 Å². The fourth-order valence-electron chi connectivity index (χ4n) is 2.36. The molecule has 0 saturated carbocycles. The van der Waals surface area contributed by atoms with E-state index >= 15 is 0 Å². The lowest BCUT2D eigenvalue weighted by Crippen LogP contribution is -2.09. The van der Waals surface area contributed by atoms with Crippen LogP contribution in [0.15, 0.2) is 12.1 Å². The van der Waals surface area contributed by atoms with Crippen LogP contribution in [0, 0.1) is 5.92 Å². The summed E-state index contributed by atoms with van der Waals surface area (Å²) < 4.78 is 5.10. The van der Waals surface area contributed by atoms with Gasteiger partial charge >= 0.3 is 0 Å². The minimum atomic E-state index is 0.454. The first-order valence-corrected chi connectivity index (χ1v) is 5.89. The highest BCUT2D eigenvalue weighted by atomic mass is 16.5. The number of ether oxygens (including phenoxy) is 1. The molecule has 2 N–H and O–H groups in total. The van der Waals surface area contributed by atoms with Crippen molar-refractivity contribution in [1.82, 2.24) is 20.3 Å². The highest BCUT2D eigenvalue weighted by molar-refractivity contribution is 5.71. The Bertz CT molecular complexity index is 536. The molecule has 5 heteroatoms. The zero-order valence-electron chi connectivity index (χ0n) is 10.0. The van der Waals surface area contributed by atoms with E-state index < -0.39 is 0 Å². The second-order valence-electron chi connectivity index (χ2n) is 4.59. The number of imidazole rings is 1. The number of hydrogen-bond acceptors (Lipinski definition) is 4. The van der Waals surface area contributed by atoms with Crippen LogP contribution in [0.2, 0.25) is 0 Å². The van der Waals surface area contributed by atoms with Crippen molar-refractivity contribution in [2.75, 3.05) is 20.2 Å². The van der Waals surface area contributed by atoms with Gasteiger partial charge in [-0.05, 0) is 18.5 Å². The van der Waals surface area contributed by atoms with E-state index in [2.05, 4.69) is 27.2 Å². The average molecular weight is 232 g/mol. The Labute approximate surface area is 99.6 Å². The first kappa shape index (κ1) is 10.5. The van der Waals surface area contributed by atoms with E-state index in [1.54, 1.807) is 7.11 Å². The minimum Gasteiger partial charge on any atom is -0.481 e. The Hall–Kier alpha value is -1.62. The standard InChI is InChI=1S/C12H16N4O/c1-7-5-13-6-8(7)11-14-9-3-4-10(17-2)15-12(9)16-11/h3-4,7-8,13H,5-6H2,1-2H3,(H,14,15,16). The fraction of sp³-hybridized carbons (Fsp3) is 0.500. The Kier molecular flexibility index (Phi) is 2.48. The summed E-state index contributed by atoms with van der Waals surface area (Å²) in [7, 11) is 1.62. The summed E-state index contributed by atoms with van der Waals surface area (Å²) in [6.45, 7) is 4.28. The Morgan fingerprint density at radius 2 is 2.18 bits per heavy atom. The van der Waals surface area contributed by atoms with Gasteiger partial charge in [-0.3, -0.25) is 0 Å². The molecule has 0 spiro atoms. The highest BCUT2D eigenvalue weighted by Gasteiger charge is 2.27. The molecule has 2 aromatic heterocycles. The summed E-state index contributed by atoms with van der Waals surface area (Å²) in [5, 5.41) is 3.38. The van der Waals surface area contributed by atoms with Crippen molar-refractivity contribution in [3.8, 4) is 5.88 Å². The van der Waals surface area contributed by atoms with Gasteiger partial charge in [0.1, 0.15) is 5.82 Å². The second-order valence-corrected chi connectivity index (χ2v) is 4.59. The number of nitrogens with zero attached hydrogens (tertiary/aromatic N) is 2. The van der Waals surface area contributed by atoms with Crippen molar-refractivity contribution in [3.05, 3.63) is 18.0 Å². The predicted octanol–water partition coefficient (Wildman–Crippen LogP) is 1.29. The lowest BCUT2D eigenvalue weighted by molar-refractivity contribution is 0.399. The maximum atomic E-state index is 5.10. The zero-order chi connectivity index (χ0) is 11.8. The molecule has 1 fully saturated rings. The third-order valence-corrected chi connectivity index (χ3v) is 3.42. The van der Waals surface area contributed by atoms with Crippen molar-refractivity contribution in [2.24, 2.45) is 5.92 Å². The summed E-state index contributed by atoms with van der Waals surface area (Å²) in [5.74, 6) is 2.69. The number of H-pyrrole nitrogens is 1. The molecule has 2 unspecified atom stereocenters. The van der Waals surface area contributed by atoms with E-state index in [0.29, 0.717) is 17.7 Å². The first-order valence-electron chi connectivity index (χ1n) is 5.89. The van der Waals surface area contributed by atoms with Crippen LogP contribution in [0.5, 0.6) is 5.88 Å². The molecule has 5 nitrogen and oxygen atoms in total. The predicted molar refractivity (Wildman–Crippen MR) is 65.2 cm³/mol. The second kappa shape index (κ2) is 4.00. The molecule has 3 heterocycles. The molecular formula is C12H16N4O. The molecular weight excluding hydrogens is 216 g/mol. The Balaban J connectivity index is 2.01. The van der Waals surface area contributed by atoms with Crippen LogP contribution in [0.1, 0.15) is 18.7 Å². The van der Waals surface area contributed by atoms with Gasteiger partial charge in [0.05, 0.1) is 12.6 Å². The first-order chi connectivity index (χ1) is 8.28. The number of nitrogens with one attached hydrogen (secondary N) is 2. The number of hydrogen-bond donors (Lipinski definition) is 2. The molecule has 0 radical (unpaired) electrons. The smallest absolute Gasteiger partial charge is 0.215 e. The van der Waals surface area contributed by atoms with Crippen LogP contribution in [-0.2, 0) is 0 Å². The topological polar surface area (TPSA) is 62.8 Å². The number of rotatable bonds is 2. The fourth-order valence-corrected chi connectivity index (χ4v) is 2.36. The molecule has 0 amide bonds. The molecule has 90 valence electrons. The van der Waals surface area contributed by atoms with Gasteiger partial charge in [0.25, 0.3) is 0 Å². The molecule has 17 heavy (non-hydrogen) atoms. The molecule has 1 aliphatic rings. The largest absolute Gasteiger partial charge is 0.481 e. The maximum absolute atomic E-state index is 5.10. The normalized spacial score (nSPS) is 24.4. The lowest BCUT2D eigenvalue weighted by atomic mass is 9.98. The third-order valence-electron chi connectivity index (χ3n) is 3.42. The molecule has 0 bridgehead atoms. The summed E-state index contributed by atoms with van der Waals surface area (Å²) in [6.07, 6.45) is 0. The number of methoxy groups -OCH3 is 1. The number of aromatic amines is 1. The number of aromatic nitrogens is 3. The lowest BCUT2D eigenvalue weighted by Gasteiger charge is -2.09. The maximum Gasteiger partial charge on any atom is 0.215 e. The van der Waals surface area contributed by atoms with Crippen molar-refractivity contribution in [3.63, 3.8) is 0 Å². The molecule has 3 rings (SSSR count). The minimum absolute atomic E-state index is 0.454. The van der Waals surface area contributed by atoms with E-state index in [9.17, 15) is 0 Å². The van der Waals surface area contributed by atoms with Gasteiger partial charge in [-0.15, -0.1) is 0 Å². The van der Waals surface area contributed by atoms with Crippen molar-refractivity contribution >= 4 is 11.2 Å². The zero-order valence-corrected chi connectivity index (χ0v) is 10.0. The summed E-state index contributed by atoms with van der Waals surface area (Å²) >= 11 is 0. The molecule has 1 aliphatic heterocycles. The Morgan fingerprint density at radius 1 is 1.29 bits per heavy atom. The molecule has 0 aromatic carbocycles. The van der Waals surface area contributed by atoms with E-state index in [0.717, 1.165) is 30.1 Å². The van der Waals surface area contributed by atoms with Crippen molar-refractivity contribution in [2.45, 2.75) is 12.8 Å². The van der Waals surface area contributed by atoms with Gasteiger partial charge in [-0.1, -0.05) is 6.92 Å². The van der Waals surface area contributed by atoms with Crippen LogP contribution in [0.25, 0.3) is 11.2 Å². The van der Waals surface area contributed by atoms with Gasteiger partial charge in [0.15, 0.2) is 5.65 Å². The van der Waals surface area contributed by atoms with E-state index in [4.69, 9.17) is 4.74 Å². The monoisotopic (exact) mass is 232 g/mol. The van der Waals surface area contributed by atoms with Crippen molar-refractivity contribution in [1.29, 1.82) is 0 Å². The van der Waals surface area contributed by atoms with Crippen LogP contribution < -0.4 is 10.1 Å². The highest BCUT2D eigenvalue weighted by Crippen LogP contribution is 2.27. The van der Waals surface area contributed by atoms with Crippen molar-refractivity contribution < 1.29 is 4.74 Å². The van der Waals surface area contributed by atoms with Crippen LogP contribution >= 0.6 is 0 Å². The summed E-state index contributed by atoms with van der Waals surface area (Å²) in [6, 6.07) is 3.81. The van der Waals surface area contributed by atoms with Gasteiger partial charge in [0, 0.05) is 18.5 Å². The molecule has 2 aromatic rings.